The van der Waals surface area contributed by atoms with E-state index >= 15 is 0 Å². The predicted molar refractivity (Wildman–Crippen MR) is 209 cm³/mol. The molecule has 0 saturated carbocycles. The third kappa shape index (κ3) is 21.4. The monoisotopic (exact) mass is 840 g/mol. The molecule has 1 aromatic carbocycles. The number of azide groups is 1. The van der Waals surface area contributed by atoms with Crippen LogP contribution in [0, 0.1) is 0 Å². The number of hydrogen-bond acceptors (Lipinski definition) is 14. The molecule has 21 nitrogen and oxygen atoms in total. The molecule has 324 valence electrons. The van der Waals surface area contributed by atoms with Crippen LogP contribution in [0.5, 0.6) is 5.75 Å². The highest BCUT2D eigenvalue weighted by Crippen LogP contribution is 2.33. The lowest BCUT2D eigenvalue weighted by Crippen LogP contribution is -2.36. The van der Waals surface area contributed by atoms with Crippen LogP contribution in [-0.2, 0) is 42.8 Å². The zero-order valence-electron chi connectivity index (χ0n) is 32.6. The Labute approximate surface area is 341 Å². The Bertz CT molecular complexity index is 1460. The summed E-state index contributed by atoms with van der Waals surface area (Å²) in [7, 11) is 0. The van der Waals surface area contributed by atoms with Gasteiger partial charge in [-0.25, -0.2) is 9.59 Å². The molecule has 58 heavy (non-hydrogen) atoms. The molecular weight excluding hydrogens is 785 g/mol. The van der Waals surface area contributed by atoms with Gasteiger partial charge in [0.1, 0.15) is 19.0 Å². The highest BCUT2D eigenvalue weighted by molar-refractivity contribution is 8.00. The second kappa shape index (κ2) is 29.8. The SMILES string of the molecule is [N-]=[N+]=NC(COc1cccc(C(=O)NCCNC(=O)CCOCCOCCOCCOCCNC(=O)CCCCC2SCC3NC(=O)NC32)c1)OCCOCC(=O)O. The van der Waals surface area contributed by atoms with Crippen LogP contribution < -0.4 is 31.3 Å². The largest absolute Gasteiger partial charge is 0.491 e. The van der Waals surface area contributed by atoms with Gasteiger partial charge in [0.25, 0.3) is 5.91 Å². The highest BCUT2D eigenvalue weighted by atomic mass is 32.2. The molecule has 0 radical (unpaired) electrons. The van der Waals surface area contributed by atoms with Crippen molar-refractivity contribution in [3.63, 3.8) is 0 Å². The molecule has 0 aliphatic carbocycles. The summed E-state index contributed by atoms with van der Waals surface area (Å²) in [4.78, 5) is 61.4. The molecule has 4 unspecified atom stereocenters. The lowest BCUT2D eigenvalue weighted by Gasteiger charge is -2.16. The molecule has 4 atom stereocenters. The van der Waals surface area contributed by atoms with Crippen LogP contribution in [0.25, 0.3) is 10.4 Å². The Balaban J connectivity index is 1.06. The van der Waals surface area contributed by atoms with Crippen LogP contribution >= 0.6 is 11.8 Å². The molecular formula is C36H56N8O13S. The van der Waals surface area contributed by atoms with E-state index in [1.807, 2.05) is 11.8 Å². The molecule has 3 rings (SSSR count). The van der Waals surface area contributed by atoms with Crippen molar-refractivity contribution in [2.24, 2.45) is 5.11 Å². The number of carboxylic acids is 1. The van der Waals surface area contributed by atoms with Gasteiger partial charge in [-0.3, -0.25) is 14.4 Å². The smallest absolute Gasteiger partial charge is 0.329 e. The molecule has 2 saturated heterocycles. The maximum atomic E-state index is 12.6. The fraction of sp³-hybridized carbons (Fsp3) is 0.694. The van der Waals surface area contributed by atoms with Crippen LogP contribution in [-0.4, -0.2) is 163 Å². The zero-order valence-corrected chi connectivity index (χ0v) is 33.4. The third-order valence-corrected chi connectivity index (χ3v) is 9.91. The number of rotatable bonds is 34. The average molecular weight is 841 g/mol. The van der Waals surface area contributed by atoms with E-state index < -0.39 is 18.8 Å². The van der Waals surface area contributed by atoms with E-state index in [0.717, 1.165) is 25.0 Å². The van der Waals surface area contributed by atoms with Crippen molar-refractivity contribution in [1.29, 1.82) is 0 Å². The first-order valence-electron chi connectivity index (χ1n) is 19.2. The van der Waals surface area contributed by atoms with Crippen molar-refractivity contribution >= 4 is 41.5 Å². The van der Waals surface area contributed by atoms with E-state index in [-0.39, 0.29) is 81.8 Å². The van der Waals surface area contributed by atoms with Crippen LogP contribution in [0.1, 0.15) is 42.5 Å². The summed E-state index contributed by atoms with van der Waals surface area (Å²) in [6.07, 6.45) is 2.38. The minimum atomic E-state index is -1.11. The van der Waals surface area contributed by atoms with E-state index in [4.69, 9.17) is 43.8 Å². The Morgan fingerprint density at radius 1 is 0.845 bits per heavy atom. The standard InChI is InChI=1S/C36H56N8O13S/c37-44-43-32(56-21-20-55-24-33(47)48)23-57-27-5-3-4-26(22-27)35(49)40-10-9-38-31(46)8-12-51-14-16-53-18-19-54-17-15-52-13-11-39-30(45)7-2-1-6-29-34-28(25-58-29)41-36(50)42-34/h3-5,22,28-29,32,34H,1-2,6-21,23-25H2,(H,38,46)(H,39,45)(H,40,49)(H,47,48)(H2,41,42,50). The van der Waals surface area contributed by atoms with Gasteiger partial charge in [0.05, 0.1) is 78.2 Å². The van der Waals surface area contributed by atoms with Gasteiger partial charge in [0.15, 0.2) is 6.23 Å². The molecule has 22 heteroatoms. The van der Waals surface area contributed by atoms with Crippen LogP contribution in [0.15, 0.2) is 29.4 Å². The molecule has 6 N–H and O–H groups in total. The summed E-state index contributed by atoms with van der Waals surface area (Å²) in [5, 5.41) is 26.7. The summed E-state index contributed by atoms with van der Waals surface area (Å²) in [5.74, 6) is -0.439. The summed E-state index contributed by atoms with van der Waals surface area (Å²) in [6.45, 7) is 3.08. The predicted octanol–water partition coefficient (Wildman–Crippen LogP) is 0.964. The van der Waals surface area contributed by atoms with Crippen molar-refractivity contribution in [2.75, 3.05) is 105 Å². The first-order chi connectivity index (χ1) is 28.2. The number of amides is 5. The minimum absolute atomic E-state index is 0.0105. The van der Waals surface area contributed by atoms with Crippen LogP contribution in [0.2, 0.25) is 0 Å². The van der Waals surface area contributed by atoms with Gasteiger partial charge in [-0.15, -0.1) is 0 Å². The van der Waals surface area contributed by atoms with Crippen molar-refractivity contribution in [2.45, 2.75) is 55.7 Å². The lowest BCUT2D eigenvalue weighted by molar-refractivity contribution is -0.143. The number of urea groups is 1. The number of aliphatic carboxylic acids is 1. The van der Waals surface area contributed by atoms with E-state index in [1.54, 1.807) is 18.2 Å². The van der Waals surface area contributed by atoms with E-state index in [0.29, 0.717) is 75.8 Å². The number of hydrogen-bond donors (Lipinski definition) is 6. The van der Waals surface area contributed by atoms with Gasteiger partial charge >= 0.3 is 12.0 Å². The normalized spacial score (nSPS) is 17.3. The number of benzene rings is 1. The number of carboxylic acid groups (broad SMARTS) is 1. The molecule has 0 bridgehead atoms. The quantitative estimate of drug-likeness (QED) is 0.0186. The first-order valence-corrected chi connectivity index (χ1v) is 20.3. The van der Waals surface area contributed by atoms with Gasteiger partial charge in [-0.05, 0) is 36.6 Å². The summed E-state index contributed by atoms with van der Waals surface area (Å²) >= 11 is 1.88. The summed E-state index contributed by atoms with van der Waals surface area (Å²) < 4.78 is 37.7. The number of thioether (sulfide) groups is 1. The Morgan fingerprint density at radius 2 is 1.52 bits per heavy atom. The Morgan fingerprint density at radius 3 is 2.26 bits per heavy atom. The van der Waals surface area contributed by atoms with E-state index in [1.165, 1.54) is 6.07 Å². The number of fused-ring (bicyclic) bond motifs is 1. The van der Waals surface area contributed by atoms with Gasteiger partial charge in [-0.1, -0.05) is 17.6 Å². The Kier molecular flexibility index (Phi) is 24.6. The molecule has 5 amide bonds. The van der Waals surface area contributed by atoms with Crippen molar-refractivity contribution in [1.82, 2.24) is 26.6 Å². The summed E-state index contributed by atoms with van der Waals surface area (Å²) in [5.41, 5.74) is 9.06. The minimum Gasteiger partial charge on any atom is -0.491 e. The van der Waals surface area contributed by atoms with Gasteiger partial charge in [0.2, 0.25) is 11.8 Å². The fourth-order valence-corrected chi connectivity index (χ4v) is 7.13. The second-order valence-corrected chi connectivity index (χ2v) is 14.1. The van der Waals surface area contributed by atoms with Crippen molar-refractivity contribution in [3.8, 4) is 5.75 Å². The molecule has 0 aromatic heterocycles. The average Bonchev–Trinajstić information content (AvgIpc) is 3.77. The van der Waals surface area contributed by atoms with E-state index in [2.05, 4.69) is 36.6 Å². The zero-order chi connectivity index (χ0) is 41.6. The molecule has 2 heterocycles. The van der Waals surface area contributed by atoms with Gasteiger partial charge in [-0.2, -0.15) is 11.8 Å². The number of carbonyl (C=O) groups excluding carboxylic acids is 4. The number of carbonyl (C=O) groups is 5. The fourth-order valence-electron chi connectivity index (χ4n) is 5.59. The number of unbranched alkanes of at least 4 members (excludes halogenated alkanes) is 1. The van der Waals surface area contributed by atoms with Crippen molar-refractivity contribution in [3.05, 3.63) is 40.3 Å². The lowest BCUT2D eigenvalue weighted by atomic mass is 10.0. The first kappa shape index (κ1) is 48.0. The van der Waals surface area contributed by atoms with Crippen molar-refractivity contribution < 1.29 is 62.2 Å². The van der Waals surface area contributed by atoms with Gasteiger partial charge < -0.3 is 64.8 Å². The molecule has 2 aliphatic heterocycles. The number of nitrogens with one attached hydrogen (secondary N) is 5. The maximum absolute atomic E-state index is 12.6. The van der Waals surface area contributed by atoms with Crippen LogP contribution in [0.3, 0.4) is 0 Å². The highest BCUT2D eigenvalue weighted by Gasteiger charge is 2.42. The summed E-state index contributed by atoms with van der Waals surface area (Å²) in [6, 6.07) is 6.66. The number of ether oxygens (including phenoxy) is 7. The molecule has 0 spiro atoms. The maximum Gasteiger partial charge on any atom is 0.329 e. The molecule has 1 aromatic rings. The molecule has 2 fully saturated rings. The number of nitrogens with zero attached hydrogens (tertiary/aromatic N) is 3. The van der Waals surface area contributed by atoms with E-state index in [9.17, 15) is 24.0 Å². The second-order valence-electron chi connectivity index (χ2n) is 12.8. The topological polar surface area (TPSA) is 279 Å². The Hall–Kier alpha value is -4.41. The van der Waals surface area contributed by atoms with Gasteiger partial charge in [0, 0.05) is 54.0 Å². The van der Waals surface area contributed by atoms with Crippen LogP contribution in [0.4, 0.5) is 4.79 Å². The third-order valence-electron chi connectivity index (χ3n) is 8.40. The molecule has 2 aliphatic rings.